The van der Waals surface area contributed by atoms with Crippen molar-refractivity contribution in [3.8, 4) is 0 Å². The number of hydrogen-bond acceptors (Lipinski definition) is 3. The molecule has 1 aliphatic carbocycles. The number of furan rings is 1. The zero-order valence-electron chi connectivity index (χ0n) is 17.2. The third kappa shape index (κ3) is 5.81. The van der Waals surface area contributed by atoms with Crippen LogP contribution in [0.3, 0.4) is 0 Å². The van der Waals surface area contributed by atoms with Gasteiger partial charge in [0.15, 0.2) is 0 Å². The van der Waals surface area contributed by atoms with Crippen LogP contribution in [-0.4, -0.2) is 34.2 Å². The minimum Gasteiger partial charge on any atom is -0.467 e. The Morgan fingerprint density at radius 1 is 0.871 bits per heavy atom. The van der Waals surface area contributed by atoms with Crippen molar-refractivity contribution in [2.45, 2.75) is 38.4 Å². The molecule has 160 valence electrons. The second-order valence-electron chi connectivity index (χ2n) is 7.87. The van der Waals surface area contributed by atoms with Crippen molar-refractivity contribution in [3.05, 3.63) is 95.7 Å². The van der Waals surface area contributed by atoms with Gasteiger partial charge in [-0.05, 0) is 48.2 Å². The van der Waals surface area contributed by atoms with Crippen LogP contribution < -0.4 is 0 Å². The van der Waals surface area contributed by atoms with Crippen molar-refractivity contribution in [2.24, 2.45) is 0 Å². The molecule has 0 saturated heterocycles. The third-order valence-electron chi connectivity index (χ3n) is 5.38. The second-order valence-corrected chi connectivity index (χ2v) is 7.87. The van der Waals surface area contributed by atoms with Gasteiger partial charge in [-0.2, -0.15) is 0 Å². The molecule has 3 aromatic rings. The third-order valence-corrected chi connectivity index (χ3v) is 5.38. The molecule has 31 heavy (non-hydrogen) atoms. The maximum atomic E-state index is 13.3. The summed E-state index contributed by atoms with van der Waals surface area (Å²) in [5, 5.41) is 0. The van der Waals surface area contributed by atoms with Gasteiger partial charge in [0.1, 0.15) is 18.1 Å². The van der Waals surface area contributed by atoms with E-state index >= 15 is 0 Å². The zero-order chi connectivity index (χ0) is 21.6. The van der Waals surface area contributed by atoms with Gasteiger partial charge in [0.05, 0.1) is 19.2 Å². The molecular weight excluding hydrogens is 395 g/mol. The van der Waals surface area contributed by atoms with Gasteiger partial charge >= 0.3 is 0 Å². The predicted octanol–water partition coefficient (Wildman–Crippen LogP) is 4.18. The van der Waals surface area contributed by atoms with Crippen LogP contribution in [0.15, 0.2) is 77.4 Å². The summed E-state index contributed by atoms with van der Waals surface area (Å²) >= 11 is 0. The summed E-state index contributed by atoms with van der Waals surface area (Å²) in [6, 6.07) is 19.4. The van der Waals surface area contributed by atoms with E-state index in [9.17, 15) is 14.0 Å². The number of carbonyl (C=O) groups excluding carboxylic acids is 2. The summed E-state index contributed by atoms with van der Waals surface area (Å²) in [7, 11) is 0. The Balaban J connectivity index is 1.46. The van der Waals surface area contributed by atoms with Crippen molar-refractivity contribution < 1.29 is 18.4 Å². The van der Waals surface area contributed by atoms with Gasteiger partial charge in [0, 0.05) is 12.6 Å². The summed E-state index contributed by atoms with van der Waals surface area (Å²) in [6.45, 7) is 0.800. The lowest BCUT2D eigenvalue weighted by Gasteiger charge is -2.27. The standard InChI is InChI=1S/C25H25FN2O3/c26-21-10-8-19(9-11-21)15-24(29)28(22-12-13-22)18-25(30)27(17-23-7-4-14-31-23)16-20-5-2-1-3-6-20/h1-11,14,22H,12-13,15-18H2. The highest BCUT2D eigenvalue weighted by molar-refractivity contribution is 5.86. The van der Waals surface area contributed by atoms with Crippen LogP contribution in [0.4, 0.5) is 4.39 Å². The van der Waals surface area contributed by atoms with Crippen LogP contribution in [-0.2, 0) is 29.1 Å². The monoisotopic (exact) mass is 420 g/mol. The number of amides is 2. The fourth-order valence-corrected chi connectivity index (χ4v) is 3.56. The van der Waals surface area contributed by atoms with E-state index in [1.54, 1.807) is 34.3 Å². The Hall–Kier alpha value is -3.41. The molecule has 1 heterocycles. The molecule has 0 spiro atoms. The van der Waals surface area contributed by atoms with Crippen LogP contribution in [0.25, 0.3) is 0 Å². The molecular formula is C25H25FN2O3. The van der Waals surface area contributed by atoms with Gasteiger partial charge in [0.2, 0.25) is 11.8 Å². The topological polar surface area (TPSA) is 53.8 Å². The van der Waals surface area contributed by atoms with E-state index in [2.05, 4.69) is 0 Å². The average molecular weight is 420 g/mol. The van der Waals surface area contributed by atoms with Crippen LogP contribution in [0, 0.1) is 5.82 Å². The molecule has 1 aromatic heterocycles. The maximum Gasteiger partial charge on any atom is 0.242 e. The molecule has 0 atom stereocenters. The Kier molecular flexibility index (Phi) is 6.46. The van der Waals surface area contributed by atoms with E-state index in [1.165, 1.54) is 12.1 Å². The molecule has 0 unspecified atom stereocenters. The normalized spacial score (nSPS) is 13.1. The second kappa shape index (κ2) is 9.60. The smallest absolute Gasteiger partial charge is 0.242 e. The van der Waals surface area contributed by atoms with E-state index in [1.807, 2.05) is 36.4 Å². The molecule has 2 aromatic carbocycles. The van der Waals surface area contributed by atoms with Crippen molar-refractivity contribution in [1.82, 2.24) is 9.80 Å². The largest absolute Gasteiger partial charge is 0.467 e. The fourth-order valence-electron chi connectivity index (χ4n) is 3.56. The summed E-state index contributed by atoms with van der Waals surface area (Å²) in [4.78, 5) is 29.6. The number of rotatable bonds is 9. The highest BCUT2D eigenvalue weighted by Crippen LogP contribution is 2.28. The number of carbonyl (C=O) groups is 2. The van der Waals surface area contributed by atoms with Gasteiger partial charge in [-0.1, -0.05) is 42.5 Å². The van der Waals surface area contributed by atoms with Crippen molar-refractivity contribution in [1.29, 1.82) is 0 Å². The van der Waals surface area contributed by atoms with Crippen LogP contribution in [0.5, 0.6) is 0 Å². The Labute approximate surface area is 181 Å². The van der Waals surface area contributed by atoms with Gasteiger partial charge in [-0.3, -0.25) is 9.59 Å². The fraction of sp³-hybridized carbons (Fsp3) is 0.280. The van der Waals surface area contributed by atoms with E-state index in [0.29, 0.717) is 18.8 Å². The van der Waals surface area contributed by atoms with Crippen LogP contribution >= 0.6 is 0 Å². The Morgan fingerprint density at radius 3 is 2.26 bits per heavy atom. The minimum atomic E-state index is -0.333. The lowest BCUT2D eigenvalue weighted by Crippen LogP contribution is -2.44. The summed E-state index contributed by atoms with van der Waals surface area (Å²) in [6.07, 6.45) is 3.54. The summed E-state index contributed by atoms with van der Waals surface area (Å²) in [5.74, 6) is 0.125. The highest BCUT2D eigenvalue weighted by atomic mass is 19.1. The molecule has 0 radical (unpaired) electrons. The number of hydrogen-bond donors (Lipinski definition) is 0. The summed E-state index contributed by atoms with van der Waals surface area (Å²) in [5.41, 5.74) is 1.75. The maximum absolute atomic E-state index is 13.3. The van der Waals surface area contributed by atoms with E-state index < -0.39 is 0 Å². The predicted molar refractivity (Wildman–Crippen MR) is 114 cm³/mol. The van der Waals surface area contributed by atoms with E-state index in [0.717, 1.165) is 24.0 Å². The molecule has 2 amide bonds. The molecule has 4 rings (SSSR count). The first-order valence-corrected chi connectivity index (χ1v) is 10.5. The molecule has 1 aliphatic rings. The number of nitrogens with zero attached hydrogens (tertiary/aromatic N) is 2. The average Bonchev–Trinajstić information content (AvgIpc) is 3.49. The molecule has 0 bridgehead atoms. The molecule has 1 saturated carbocycles. The lowest BCUT2D eigenvalue weighted by molar-refractivity contribution is -0.141. The minimum absolute atomic E-state index is 0.0260. The van der Waals surface area contributed by atoms with Gasteiger partial charge in [-0.25, -0.2) is 4.39 Å². The van der Waals surface area contributed by atoms with Crippen molar-refractivity contribution in [3.63, 3.8) is 0 Å². The van der Waals surface area contributed by atoms with Gasteiger partial charge < -0.3 is 14.2 Å². The van der Waals surface area contributed by atoms with Crippen LogP contribution in [0.1, 0.15) is 29.7 Å². The van der Waals surface area contributed by atoms with Crippen LogP contribution in [0.2, 0.25) is 0 Å². The Morgan fingerprint density at radius 2 is 1.61 bits per heavy atom. The first-order valence-electron chi connectivity index (χ1n) is 10.5. The van der Waals surface area contributed by atoms with E-state index in [-0.39, 0.29) is 36.6 Å². The molecule has 1 fully saturated rings. The van der Waals surface area contributed by atoms with Gasteiger partial charge in [-0.15, -0.1) is 0 Å². The molecule has 0 N–H and O–H groups in total. The van der Waals surface area contributed by atoms with Crippen molar-refractivity contribution in [2.75, 3.05) is 6.54 Å². The first kappa shape index (κ1) is 20.8. The Bertz CT molecular complexity index is 999. The zero-order valence-corrected chi connectivity index (χ0v) is 17.2. The van der Waals surface area contributed by atoms with E-state index in [4.69, 9.17) is 4.42 Å². The molecule has 0 aliphatic heterocycles. The molecule has 5 nitrogen and oxygen atoms in total. The molecule has 6 heteroatoms. The number of halogens is 1. The SMILES string of the molecule is O=C(CN(C(=O)Cc1ccc(F)cc1)C1CC1)N(Cc1ccccc1)Cc1ccco1. The lowest BCUT2D eigenvalue weighted by atomic mass is 10.1. The summed E-state index contributed by atoms with van der Waals surface area (Å²) < 4.78 is 18.6. The number of benzene rings is 2. The van der Waals surface area contributed by atoms with Crippen molar-refractivity contribution >= 4 is 11.8 Å². The quantitative estimate of drug-likeness (QED) is 0.522. The highest BCUT2D eigenvalue weighted by Gasteiger charge is 2.34. The van der Waals surface area contributed by atoms with Gasteiger partial charge in [0.25, 0.3) is 0 Å². The first-order chi connectivity index (χ1) is 15.1.